The SMILES string of the molecule is O=CCC/C=C\C(=O)CC(=O)c1ccccc1. The van der Waals surface area contributed by atoms with Crippen molar-refractivity contribution < 1.29 is 14.4 Å². The maximum Gasteiger partial charge on any atom is 0.170 e. The van der Waals surface area contributed by atoms with E-state index in [1.54, 1.807) is 30.3 Å². The second-order valence-corrected chi connectivity index (χ2v) is 3.58. The van der Waals surface area contributed by atoms with Crippen LogP contribution in [0.15, 0.2) is 42.5 Å². The van der Waals surface area contributed by atoms with Gasteiger partial charge in [-0.25, -0.2) is 0 Å². The van der Waals surface area contributed by atoms with Gasteiger partial charge in [-0.1, -0.05) is 36.4 Å². The second-order valence-electron chi connectivity index (χ2n) is 3.58. The van der Waals surface area contributed by atoms with E-state index in [9.17, 15) is 14.4 Å². The molecule has 0 saturated carbocycles. The predicted octanol–water partition coefficient (Wildman–Crippen LogP) is 2.36. The van der Waals surface area contributed by atoms with Gasteiger partial charge in [0.25, 0.3) is 0 Å². The largest absolute Gasteiger partial charge is 0.303 e. The Balaban J connectivity index is 2.44. The number of carbonyl (C=O) groups excluding carboxylic acids is 3. The average molecular weight is 230 g/mol. The summed E-state index contributed by atoms with van der Waals surface area (Å²) in [5, 5.41) is 0. The van der Waals surface area contributed by atoms with E-state index in [2.05, 4.69) is 0 Å². The Labute approximate surface area is 100 Å². The van der Waals surface area contributed by atoms with Gasteiger partial charge in [0, 0.05) is 12.0 Å². The molecule has 0 bridgehead atoms. The second kappa shape index (κ2) is 7.28. The molecule has 88 valence electrons. The van der Waals surface area contributed by atoms with Crippen molar-refractivity contribution in [3.05, 3.63) is 48.0 Å². The Morgan fingerprint density at radius 1 is 1.06 bits per heavy atom. The van der Waals surface area contributed by atoms with E-state index in [0.717, 1.165) is 6.29 Å². The Hall–Kier alpha value is -2.03. The van der Waals surface area contributed by atoms with Crippen molar-refractivity contribution in [3.63, 3.8) is 0 Å². The number of rotatable bonds is 7. The minimum Gasteiger partial charge on any atom is -0.303 e. The summed E-state index contributed by atoms with van der Waals surface area (Å²) in [6.45, 7) is 0. The molecule has 0 N–H and O–H groups in total. The lowest BCUT2D eigenvalue weighted by molar-refractivity contribution is -0.114. The Bertz CT molecular complexity index is 418. The molecule has 1 aromatic rings. The van der Waals surface area contributed by atoms with E-state index < -0.39 is 0 Å². The van der Waals surface area contributed by atoms with Crippen LogP contribution in [0, 0.1) is 0 Å². The predicted molar refractivity (Wildman–Crippen MR) is 64.8 cm³/mol. The highest BCUT2D eigenvalue weighted by Crippen LogP contribution is 2.04. The number of hydrogen-bond acceptors (Lipinski definition) is 3. The number of Topliss-reactive ketones (excluding diaryl/α,β-unsaturated/α-hetero) is 1. The maximum absolute atomic E-state index is 11.6. The summed E-state index contributed by atoms with van der Waals surface area (Å²) in [6.07, 6.45) is 4.59. The fourth-order valence-corrected chi connectivity index (χ4v) is 1.32. The smallest absolute Gasteiger partial charge is 0.170 e. The number of aldehydes is 1. The number of carbonyl (C=O) groups is 3. The van der Waals surface area contributed by atoms with Gasteiger partial charge in [-0.2, -0.15) is 0 Å². The summed E-state index contributed by atoms with van der Waals surface area (Å²) >= 11 is 0. The summed E-state index contributed by atoms with van der Waals surface area (Å²) in [4.78, 5) is 33.1. The van der Waals surface area contributed by atoms with Gasteiger partial charge in [0.05, 0.1) is 6.42 Å². The first-order valence-corrected chi connectivity index (χ1v) is 5.45. The molecule has 0 heterocycles. The van der Waals surface area contributed by atoms with Crippen LogP contribution in [0.1, 0.15) is 29.6 Å². The van der Waals surface area contributed by atoms with Crippen molar-refractivity contribution in [2.45, 2.75) is 19.3 Å². The molecule has 0 radical (unpaired) electrons. The molecule has 17 heavy (non-hydrogen) atoms. The minimum atomic E-state index is -0.232. The van der Waals surface area contributed by atoms with Crippen LogP contribution in [0.3, 0.4) is 0 Å². The van der Waals surface area contributed by atoms with Crippen LogP contribution in [0.4, 0.5) is 0 Å². The fourth-order valence-electron chi connectivity index (χ4n) is 1.32. The van der Waals surface area contributed by atoms with Crippen molar-refractivity contribution in [1.82, 2.24) is 0 Å². The van der Waals surface area contributed by atoms with Gasteiger partial charge in [0.1, 0.15) is 6.29 Å². The molecule has 1 rings (SSSR count). The molecular weight excluding hydrogens is 216 g/mol. The minimum absolute atomic E-state index is 0.123. The Morgan fingerprint density at radius 2 is 1.76 bits per heavy atom. The molecule has 3 heteroatoms. The third-order valence-corrected chi connectivity index (χ3v) is 2.19. The molecule has 0 amide bonds. The molecule has 0 aliphatic heterocycles. The highest BCUT2D eigenvalue weighted by molar-refractivity contribution is 6.11. The molecular formula is C14H14O3. The van der Waals surface area contributed by atoms with Gasteiger partial charge in [0.2, 0.25) is 0 Å². The van der Waals surface area contributed by atoms with E-state index in [4.69, 9.17) is 0 Å². The van der Waals surface area contributed by atoms with Gasteiger partial charge in [0.15, 0.2) is 11.6 Å². The van der Waals surface area contributed by atoms with E-state index in [1.807, 2.05) is 6.07 Å². The van der Waals surface area contributed by atoms with Crippen LogP contribution in [-0.2, 0) is 9.59 Å². The molecule has 0 fully saturated rings. The van der Waals surface area contributed by atoms with Crippen LogP contribution in [0.25, 0.3) is 0 Å². The zero-order valence-corrected chi connectivity index (χ0v) is 9.46. The van der Waals surface area contributed by atoms with Gasteiger partial charge in [-0.3, -0.25) is 9.59 Å². The van der Waals surface area contributed by atoms with Gasteiger partial charge >= 0.3 is 0 Å². The first kappa shape index (κ1) is 13.0. The fraction of sp³-hybridized carbons (Fsp3) is 0.214. The molecule has 0 atom stereocenters. The topological polar surface area (TPSA) is 51.2 Å². The highest BCUT2D eigenvalue weighted by Gasteiger charge is 2.08. The zero-order chi connectivity index (χ0) is 12.5. The number of ketones is 2. The third kappa shape index (κ3) is 5.02. The maximum atomic E-state index is 11.6. The molecule has 1 aromatic carbocycles. The van der Waals surface area contributed by atoms with E-state index in [1.165, 1.54) is 6.08 Å². The normalized spacial score (nSPS) is 10.4. The molecule has 0 aliphatic rings. The standard InChI is InChI=1S/C14H14O3/c15-10-6-2-5-9-13(16)11-14(17)12-7-3-1-4-8-12/h1,3-5,7-10H,2,6,11H2/b9-5-. The van der Waals surface area contributed by atoms with Gasteiger partial charge in [-0.15, -0.1) is 0 Å². The quantitative estimate of drug-likeness (QED) is 0.237. The van der Waals surface area contributed by atoms with E-state index in [-0.39, 0.29) is 18.0 Å². The van der Waals surface area contributed by atoms with Crippen molar-refractivity contribution in [1.29, 1.82) is 0 Å². The zero-order valence-electron chi connectivity index (χ0n) is 9.46. The lowest BCUT2D eigenvalue weighted by Crippen LogP contribution is -2.05. The Kier molecular flexibility index (Phi) is 5.58. The molecule has 0 aliphatic carbocycles. The van der Waals surface area contributed by atoms with E-state index in [0.29, 0.717) is 18.4 Å². The lowest BCUT2D eigenvalue weighted by Gasteiger charge is -1.97. The number of hydrogen-bond donors (Lipinski definition) is 0. The highest BCUT2D eigenvalue weighted by atomic mass is 16.1. The number of unbranched alkanes of at least 4 members (excludes halogenated alkanes) is 1. The van der Waals surface area contributed by atoms with Gasteiger partial charge in [-0.05, 0) is 12.5 Å². The Morgan fingerprint density at radius 3 is 2.41 bits per heavy atom. The number of benzene rings is 1. The van der Waals surface area contributed by atoms with Gasteiger partial charge < -0.3 is 4.79 Å². The van der Waals surface area contributed by atoms with Crippen LogP contribution in [-0.4, -0.2) is 17.9 Å². The molecule has 0 saturated heterocycles. The first-order chi connectivity index (χ1) is 8.24. The van der Waals surface area contributed by atoms with Crippen LogP contribution < -0.4 is 0 Å². The van der Waals surface area contributed by atoms with Crippen molar-refractivity contribution in [2.24, 2.45) is 0 Å². The molecule has 0 aromatic heterocycles. The first-order valence-electron chi connectivity index (χ1n) is 5.45. The third-order valence-electron chi connectivity index (χ3n) is 2.19. The van der Waals surface area contributed by atoms with Crippen molar-refractivity contribution in [3.8, 4) is 0 Å². The molecule has 0 spiro atoms. The van der Waals surface area contributed by atoms with E-state index >= 15 is 0 Å². The summed E-state index contributed by atoms with van der Waals surface area (Å²) in [7, 11) is 0. The molecule has 3 nitrogen and oxygen atoms in total. The van der Waals surface area contributed by atoms with Crippen molar-refractivity contribution >= 4 is 17.9 Å². The van der Waals surface area contributed by atoms with Crippen LogP contribution >= 0.6 is 0 Å². The molecule has 0 unspecified atom stereocenters. The lowest BCUT2D eigenvalue weighted by atomic mass is 10.1. The summed E-state index contributed by atoms with van der Waals surface area (Å²) < 4.78 is 0. The van der Waals surface area contributed by atoms with Crippen LogP contribution in [0.2, 0.25) is 0 Å². The number of allylic oxidation sites excluding steroid dienone is 2. The summed E-state index contributed by atoms with van der Waals surface area (Å²) in [6, 6.07) is 8.71. The van der Waals surface area contributed by atoms with Crippen LogP contribution in [0.5, 0.6) is 0 Å². The summed E-state index contributed by atoms with van der Waals surface area (Å²) in [5.74, 6) is -0.416. The average Bonchev–Trinajstić information content (AvgIpc) is 2.36. The summed E-state index contributed by atoms with van der Waals surface area (Å²) in [5.41, 5.74) is 0.544. The van der Waals surface area contributed by atoms with Crippen molar-refractivity contribution in [2.75, 3.05) is 0 Å². The monoisotopic (exact) mass is 230 g/mol.